The molecule has 0 aliphatic heterocycles. The predicted octanol–water partition coefficient (Wildman–Crippen LogP) is 3.95. The van der Waals surface area contributed by atoms with Gasteiger partial charge in [-0.15, -0.1) is 0 Å². The molecule has 2 nitrogen and oxygen atoms in total. The van der Waals surface area contributed by atoms with Gasteiger partial charge < -0.3 is 0 Å². The van der Waals surface area contributed by atoms with Crippen LogP contribution in [-0.2, 0) is 0 Å². The van der Waals surface area contributed by atoms with Crippen LogP contribution in [0, 0.1) is 5.95 Å². The number of aromatic nitrogens is 2. The number of benzene rings is 2. The highest BCUT2D eigenvalue weighted by Gasteiger charge is 2.07. The zero-order valence-electron chi connectivity index (χ0n) is 10.1. The van der Waals surface area contributed by atoms with E-state index in [1.165, 1.54) is 6.07 Å². The van der Waals surface area contributed by atoms with Crippen LogP contribution >= 0.6 is 0 Å². The highest BCUT2D eigenvalue weighted by atomic mass is 19.1. The van der Waals surface area contributed by atoms with E-state index in [0.29, 0.717) is 11.5 Å². The van der Waals surface area contributed by atoms with Crippen molar-refractivity contribution >= 4 is 0 Å². The van der Waals surface area contributed by atoms with Crippen LogP contribution in [0.5, 0.6) is 0 Å². The molecular weight excluding hydrogens is 239 g/mol. The molecule has 0 fully saturated rings. The summed E-state index contributed by atoms with van der Waals surface area (Å²) in [7, 11) is 0. The van der Waals surface area contributed by atoms with E-state index < -0.39 is 5.95 Å². The van der Waals surface area contributed by atoms with Gasteiger partial charge in [-0.2, -0.15) is 9.37 Å². The minimum atomic E-state index is -0.521. The van der Waals surface area contributed by atoms with E-state index in [-0.39, 0.29) is 0 Å². The number of nitrogens with zero attached hydrogens (tertiary/aromatic N) is 2. The molecule has 2 aromatic carbocycles. The minimum Gasteiger partial charge on any atom is -0.228 e. The fourth-order valence-corrected chi connectivity index (χ4v) is 1.89. The van der Waals surface area contributed by atoms with Crippen LogP contribution in [0.15, 0.2) is 66.7 Å². The van der Waals surface area contributed by atoms with Gasteiger partial charge in [-0.3, -0.25) is 0 Å². The summed E-state index contributed by atoms with van der Waals surface area (Å²) in [5.41, 5.74) is 2.27. The van der Waals surface area contributed by atoms with E-state index in [9.17, 15) is 4.39 Å². The van der Waals surface area contributed by atoms with E-state index in [1.807, 2.05) is 60.7 Å². The van der Waals surface area contributed by atoms with Crippen LogP contribution in [-0.4, -0.2) is 9.97 Å². The Labute approximate surface area is 110 Å². The molecule has 0 saturated heterocycles. The summed E-state index contributed by atoms with van der Waals surface area (Å²) in [6.07, 6.45) is 0. The zero-order valence-corrected chi connectivity index (χ0v) is 10.1. The fraction of sp³-hybridized carbons (Fsp3) is 0. The average Bonchev–Trinajstić information content (AvgIpc) is 2.48. The van der Waals surface area contributed by atoms with Crippen molar-refractivity contribution in [3.05, 3.63) is 72.7 Å². The van der Waals surface area contributed by atoms with Gasteiger partial charge in [-0.25, -0.2) is 4.98 Å². The number of hydrogen-bond donors (Lipinski definition) is 0. The SMILES string of the molecule is Fc1cc(-c2ccccc2)nc(-c2ccccc2)n1. The fourth-order valence-electron chi connectivity index (χ4n) is 1.89. The molecule has 3 heteroatoms. The molecule has 19 heavy (non-hydrogen) atoms. The molecule has 0 spiro atoms. The van der Waals surface area contributed by atoms with Gasteiger partial charge in [0.05, 0.1) is 5.69 Å². The molecule has 0 unspecified atom stereocenters. The van der Waals surface area contributed by atoms with Crippen LogP contribution in [0.4, 0.5) is 4.39 Å². The standard InChI is InChI=1S/C16H11FN2/c17-15-11-14(12-7-3-1-4-8-12)18-16(19-15)13-9-5-2-6-10-13/h1-11H. The Balaban J connectivity index is 2.12. The molecular formula is C16H11FN2. The third kappa shape index (κ3) is 2.50. The molecule has 0 amide bonds. The van der Waals surface area contributed by atoms with Crippen LogP contribution in [0.2, 0.25) is 0 Å². The molecule has 3 rings (SSSR count). The summed E-state index contributed by atoms with van der Waals surface area (Å²) >= 11 is 0. The highest BCUT2D eigenvalue weighted by molar-refractivity contribution is 5.63. The Hall–Kier alpha value is -2.55. The van der Waals surface area contributed by atoms with E-state index in [2.05, 4.69) is 9.97 Å². The van der Waals surface area contributed by atoms with Crippen molar-refractivity contribution in [1.29, 1.82) is 0 Å². The Morgan fingerprint density at radius 1 is 0.684 bits per heavy atom. The molecule has 0 N–H and O–H groups in total. The lowest BCUT2D eigenvalue weighted by Crippen LogP contribution is -1.95. The molecule has 92 valence electrons. The first-order chi connectivity index (χ1) is 9.33. The van der Waals surface area contributed by atoms with Gasteiger partial charge in [0.25, 0.3) is 0 Å². The monoisotopic (exact) mass is 250 g/mol. The summed E-state index contributed by atoms with van der Waals surface area (Å²) in [5, 5.41) is 0. The summed E-state index contributed by atoms with van der Waals surface area (Å²) in [5.74, 6) is -0.118. The third-order valence-electron chi connectivity index (χ3n) is 2.80. The largest absolute Gasteiger partial charge is 0.228 e. The van der Waals surface area contributed by atoms with Gasteiger partial charge >= 0.3 is 0 Å². The Bertz CT molecular complexity index is 624. The van der Waals surface area contributed by atoms with Gasteiger partial charge in [-0.05, 0) is 0 Å². The quantitative estimate of drug-likeness (QED) is 0.643. The van der Waals surface area contributed by atoms with Crippen molar-refractivity contribution in [1.82, 2.24) is 9.97 Å². The first-order valence-corrected chi connectivity index (χ1v) is 5.98. The molecule has 0 atom stereocenters. The van der Waals surface area contributed by atoms with Crippen molar-refractivity contribution < 1.29 is 4.39 Å². The summed E-state index contributed by atoms with van der Waals surface area (Å²) < 4.78 is 13.6. The second kappa shape index (κ2) is 4.98. The Kier molecular flexibility index (Phi) is 3.02. The molecule has 0 bridgehead atoms. The smallest absolute Gasteiger partial charge is 0.217 e. The van der Waals surface area contributed by atoms with Crippen LogP contribution < -0.4 is 0 Å². The van der Waals surface area contributed by atoms with Crippen molar-refractivity contribution in [2.75, 3.05) is 0 Å². The third-order valence-corrected chi connectivity index (χ3v) is 2.80. The molecule has 1 aromatic heterocycles. The van der Waals surface area contributed by atoms with Gasteiger partial charge in [0.15, 0.2) is 5.82 Å². The summed E-state index contributed by atoms with van der Waals surface area (Å²) in [6.45, 7) is 0. The lowest BCUT2D eigenvalue weighted by Gasteiger charge is -2.04. The van der Waals surface area contributed by atoms with Crippen molar-refractivity contribution in [2.45, 2.75) is 0 Å². The Morgan fingerprint density at radius 3 is 1.89 bits per heavy atom. The van der Waals surface area contributed by atoms with Gasteiger partial charge in [0, 0.05) is 17.2 Å². The van der Waals surface area contributed by atoms with Crippen molar-refractivity contribution in [2.24, 2.45) is 0 Å². The zero-order chi connectivity index (χ0) is 13.1. The lowest BCUT2D eigenvalue weighted by molar-refractivity contribution is 0.582. The van der Waals surface area contributed by atoms with Gasteiger partial charge in [0.2, 0.25) is 5.95 Å². The lowest BCUT2D eigenvalue weighted by atomic mass is 10.1. The first kappa shape index (κ1) is 11.5. The number of hydrogen-bond acceptors (Lipinski definition) is 2. The number of halogens is 1. The molecule has 0 radical (unpaired) electrons. The minimum absolute atomic E-state index is 0.402. The highest BCUT2D eigenvalue weighted by Crippen LogP contribution is 2.21. The summed E-state index contributed by atoms with van der Waals surface area (Å²) in [4.78, 5) is 8.27. The second-order valence-electron chi connectivity index (χ2n) is 4.13. The molecule has 0 aliphatic rings. The maximum Gasteiger partial charge on any atom is 0.217 e. The molecule has 0 saturated carbocycles. The predicted molar refractivity (Wildman–Crippen MR) is 72.9 cm³/mol. The maximum absolute atomic E-state index is 13.6. The molecule has 3 aromatic rings. The normalized spacial score (nSPS) is 10.4. The first-order valence-electron chi connectivity index (χ1n) is 5.98. The second-order valence-corrected chi connectivity index (χ2v) is 4.13. The van der Waals surface area contributed by atoms with Gasteiger partial charge in [0.1, 0.15) is 0 Å². The Morgan fingerprint density at radius 2 is 1.26 bits per heavy atom. The molecule has 0 aliphatic carbocycles. The van der Waals surface area contributed by atoms with Crippen LogP contribution in [0.1, 0.15) is 0 Å². The van der Waals surface area contributed by atoms with E-state index in [0.717, 1.165) is 11.1 Å². The summed E-state index contributed by atoms with van der Waals surface area (Å²) in [6, 6.07) is 20.3. The van der Waals surface area contributed by atoms with E-state index >= 15 is 0 Å². The average molecular weight is 250 g/mol. The van der Waals surface area contributed by atoms with Crippen molar-refractivity contribution in [3.8, 4) is 22.6 Å². The van der Waals surface area contributed by atoms with E-state index in [1.54, 1.807) is 0 Å². The van der Waals surface area contributed by atoms with Crippen molar-refractivity contribution in [3.63, 3.8) is 0 Å². The molecule has 1 heterocycles. The van der Waals surface area contributed by atoms with Crippen LogP contribution in [0.25, 0.3) is 22.6 Å². The van der Waals surface area contributed by atoms with Crippen LogP contribution in [0.3, 0.4) is 0 Å². The maximum atomic E-state index is 13.6. The number of rotatable bonds is 2. The van der Waals surface area contributed by atoms with Gasteiger partial charge in [-0.1, -0.05) is 60.7 Å². The topological polar surface area (TPSA) is 25.8 Å². The van der Waals surface area contributed by atoms with E-state index in [4.69, 9.17) is 0 Å².